The van der Waals surface area contributed by atoms with Gasteiger partial charge in [0.2, 0.25) is 6.41 Å². The molecule has 98 valence electrons. The molecule has 1 aromatic rings. The van der Waals surface area contributed by atoms with Crippen molar-refractivity contribution in [1.29, 1.82) is 0 Å². The number of amides is 1. The van der Waals surface area contributed by atoms with Gasteiger partial charge in [-0.1, -0.05) is 35.3 Å². The average molecular weight is 290 g/mol. The smallest absolute Gasteiger partial charge is 0.334 e. The van der Waals surface area contributed by atoms with Gasteiger partial charge in [0.05, 0.1) is 10.0 Å². The molecular formula is C12H13Cl2NO3. The lowest BCUT2D eigenvalue weighted by Crippen LogP contribution is -2.49. The number of hydrogen-bond acceptors (Lipinski definition) is 2. The van der Waals surface area contributed by atoms with E-state index in [1.54, 1.807) is 25.1 Å². The van der Waals surface area contributed by atoms with Gasteiger partial charge in [-0.2, -0.15) is 0 Å². The fraction of sp³-hybridized carbons (Fsp3) is 0.333. The predicted octanol–water partition coefficient (Wildman–Crippen LogP) is 2.77. The van der Waals surface area contributed by atoms with E-state index in [0.29, 0.717) is 6.41 Å². The SMILES string of the molecule is CCN(C=O)C(C)(C(=O)O)c1cccc(Cl)c1Cl. The Labute approximate surface area is 115 Å². The van der Waals surface area contributed by atoms with Gasteiger partial charge in [-0.25, -0.2) is 4.79 Å². The minimum Gasteiger partial charge on any atom is -0.479 e. The molecule has 1 N–H and O–H groups in total. The summed E-state index contributed by atoms with van der Waals surface area (Å²) < 4.78 is 0. The number of carbonyl (C=O) groups is 2. The van der Waals surface area contributed by atoms with Gasteiger partial charge in [0, 0.05) is 12.1 Å². The van der Waals surface area contributed by atoms with E-state index in [1.807, 2.05) is 0 Å². The van der Waals surface area contributed by atoms with E-state index < -0.39 is 11.5 Å². The highest BCUT2D eigenvalue weighted by atomic mass is 35.5. The van der Waals surface area contributed by atoms with Gasteiger partial charge in [0.1, 0.15) is 0 Å². The molecular weight excluding hydrogens is 277 g/mol. The van der Waals surface area contributed by atoms with Crippen LogP contribution in [0, 0.1) is 0 Å². The zero-order chi connectivity index (χ0) is 13.9. The number of rotatable bonds is 5. The Kier molecular flexibility index (Phi) is 4.59. The topological polar surface area (TPSA) is 57.6 Å². The normalized spacial score (nSPS) is 13.8. The van der Waals surface area contributed by atoms with Crippen LogP contribution in [0.5, 0.6) is 0 Å². The lowest BCUT2D eigenvalue weighted by molar-refractivity contribution is -0.154. The van der Waals surface area contributed by atoms with Crippen LogP contribution in [0.1, 0.15) is 19.4 Å². The molecule has 18 heavy (non-hydrogen) atoms. The molecule has 4 nitrogen and oxygen atoms in total. The predicted molar refractivity (Wildman–Crippen MR) is 69.9 cm³/mol. The number of halogens is 2. The number of benzene rings is 1. The molecule has 0 aliphatic rings. The van der Waals surface area contributed by atoms with E-state index in [1.165, 1.54) is 6.92 Å². The molecule has 0 aliphatic heterocycles. The molecule has 1 unspecified atom stereocenters. The van der Waals surface area contributed by atoms with Crippen LogP contribution in [0.3, 0.4) is 0 Å². The highest BCUT2D eigenvalue weighted by Gasteiger charge is 2.42. The molecule has 0 fully saturated rings. The van der Waals surface area contributed by atoms with Gasteiger partial charge in [0.15, 0.2) is 5.54 Å². The van der Waals surface area contributed by atoms with Crippen molar-refractivity contribution < 1.29 is 14.7 Å². The summed E-state index contributed by atoms with van der Waals surface area (Å²) >= 11 is 11.9. The molecule has 1 amide bonds. The summed E-state index contributed by atoms with van der Waals surface area (Å²) in [5, 5.41) is 9.83. The summed E-state index contributed by atoms with van der Waals surface area (Å²) in [5.41, 5.74) is -1.25. The van der Waals surface area contributed by atoms with Crippen LogP contribution >= 0.6 is 23.2 Å². The van der Waals surface area contributed by atoms with Crippen LogP contribution in [-0.4, -0.2) is 28.9 Å². The van der Waals surface area contributed by atoms with E-state index in [2.05, 4.69) is 0 Å². The Hall–Kier alpha value is -1.26. The molecule has 6 heteroatoms. The van der Waals surface area contributed by atoms with Crippen LogP contribution in [-0.2, 0) is 15.1 Å². The quantitative estimate of drug-likeness (QED) is 0.848. The summed E-state index contributed by atoms with van der Waals surface area (Å²) in [6, 6.07) is 4.71. The molecule has 0 aromatic heterocycles. The number of carboxylic acids is 1. The maximum Gasteiger partial charge on any atom is 0.334 e. The number of nitrogens with zero attached hydrogens (tertiary/aromatic N) is 1. The third kappa shape index (κ3) is 2.31. The first kappa shape index (κ1) is 14.8. The van der Waals surface area contributed by atoms with E-state index >= 15 is 0 Å². The fourth-order valence-corrected chi connectivity index (χ4v) is 2.25. The molecule has 0 saturated carbocycles. The van der Waals surface area contributed by atoms with Gasteiger partial charge < -0.3 is 10.0 Å². The Morgan fingerprint density at radius 1 is 1.50 bits per heavy atom. The molecule has 0 saturated heterocycles. The van der Waals surface area contributed by atoms with E-state index in [9.17, 15) is 14.7 Å². The molecule has 1 aromatic carbocycles. The van der Waals surface area contributed by atoms with Gasteiger partial charge in [0.25, 0.3) is 0 Å². The summed E-state index contributed by atoms with van der Waals surface area (Å²) in [4.78, 5) is 23.7. The number of likely N-dealkylation sites (N-methyl/N-ethyl adjacent to an activating group) is 1. The fourth-order valence-electron chi connectivity index (χ4n) is 1.77. The largest absolute Gasteiger partial charge is 0.479 e. The van der Waals surface area contributed by atoms with Crippen molar-refractivity contribution in [2.75, 3.05) is 6.54 Å². The first-order valence-corrected chi connectivity index (χ1v) is 6.05. The third-order valence-electron chi connectivity index (χ3n) is 2.93. The van der Waals surface area contributed by atoms with E-state index in [4.69, 9.17) is 23.2 Å². The van der Waals surface area contributed by atoms with E-state index in [-0.39, 0.29) is 22.2 Å². The van der Waals surface area contributed by atoms with Crippen molar-refractivity contribution in [2.24, 2.45) is 0 Å². The van der Waals surface area contributed by atoms with Crippen molar-refractivity contribution in [3.05, 3.63) is 33.8 Å². The lowest BCUT2D eigenvalue weighted by atomic mass is 9.90. The second kappa shape index (κ2) is 5.59. The molecule has 0 bridgehead atoms. The molecule has 0 aliphatic carbocycles. The van der Waals surface area contributed by atoms with Crippen molar-refractivity contribution in [3.63, 3.8) is 0 Å². The summed E-state index contributed by atoms with van der Waals surface area (Å²) in [7, 11) is 0. The molecule has 0 radical (unpaired) electrons. The number of carbonyl (C=O) groups excluding carboxylic acids is 1. The first-order chi connectivity index (χ1) is 8.39. The second-order valence-corrected chi connectivity index (χ2v) is 4.66. The monoisotopic (exact) mass is 289 g/mol. The average Bonchev–Trinajstić information content (AvgIpc) is 2.33. The summed E-state index contributed by atoms with van der Waals surface area (Å²) in [6.07, 6.45) is 0.491. The Morgan fingerprint density at radius 3 is 2.56 bits per heavy atom. The molecule has 0 spiro atoms. The summed E-state index contributed by atoms with van der Waals surface area (Å²) in [5.74, 6) is -1.17. The standard InChI is InChI=1S/C12H13Cl2NO3/c1-3-15(7-16)12(2,11(17)18)8-5-4-6-9(13)10(8)14/h4-7H,3H2,1-2H3,(H,17,18). The first-order valence-electron chi connectivity index (χ1n) is 5.29. The van der Waals surface area contributed by atoms with Gasteiger partial charge in [-0.3, -0.25) is 4.79 Å². The minimum atomic E-state index is -1.54. The van der Waals surface area contributed by atoms with Crippen LogP contribution < -0.4 is 0 Å². The summed E-state index contributed by atoms with van der Waals surface area (Å²) in [6.45, 7) is 3.36. The van der Waals surface area contributed by atoms with Gasteiger partial charge in [-0.15, -0.1) is 0 Å². The second-order valence-electron chi connectivity index (χ2n) is 3.87. The number of hydrogen-bond donors (Lipinski definition) is 1. The molecule has 1 rings (SSSR count). The zero-order valence-electron chi connectivity index (χ0n) is 9.98. The molecule has 0 heterocycles. The van der Waals surface area contributed by atoms with Crippen LogP contribution in [0.15, 0.2) is 18.2 Å². The Balaban J connectivity index is 3.50. The maximum atomic E-state index is 11.5. The Bertz CT molecular complexity index is 478. The van der Waals surface area contributed by atoms with Crippen LogP contribution in [0.4, 0.5) is 0 Å². The number of aliphatic carboxylic acids is 1. The Morgan fingerprint density at radius 2 is 2.11 bits per heavy atom. The number of carboxylic acid groups (broad SMARTS) is 1. The van der Waals surface area contributed by atoms with Crippen LogP contribution in [0.2, 0.25) is 10.0 Å². The van der Waals surface area contributed by atoms with Crippen molar-refractivity contribution >= 4 is 35.6 Å². The van der Waals surface area contributed by atoms with Gasteiger partial charge >= 0.3 is 5.97 Å². The highest BCUT2D eigenvalue weighted by Crippen LogP contribution is 2.36. The van der Waals surface area contributed by atoms with Gasteiger partial charge in [-0.05, 0) is 19.9 Å². The van der Waals surface area contributed by atoms with E-state index in [0.717, 1.165) is 4.90 Å². The minimum absolute atomic E-state index is 0.143. The molecule has 1 atom stereocenters. The van der Waals surface area contributed by atoms with Crippen molar-refractivity contribution in [3.8, 4) is 0 Å². The highest BCUT2D eigenvalue weighted by molar-refractivity contribution is 6.42. The lowest BCUT2D eigenvalue weighted by Gasteiger charge is -2.35. The zero-order valence-corrected chi connectivity index (χ0v) is 11.5. The van der Waals surface area contributed by atoms with Crippen molar-refractivity contribution in [1.82, 2.24) is 4.90 Å². The van der Waals surface area contributed by atoms with Crippen molar-refractivity contribution in [2.45, 2.75) is 19.4 Å². The third-order valence-corrected chi connectivity index (χ3v) is 3.75. The maximum absolute atomic E-state index is 11.5. The van der Waals surface area contributed by atoms with Crippen LogP contribution in [0.25, 0.3) is 0 Å².